The third-order valence-corrected chi connectivity index (χ3v) is 9.73. The summed E-state index contributed by atoms with van der Waals surface area (Å²) >= 11 is 0. The molecule has 2 N–H and O–H groups in total. The van der Waals surface area contributed by atoms with Gasteiger partial charge in [-0.25, -0.2) is 0 Å². The van der Waals surface area contributed by atoms with Gasteiger partial charge >= 0.3 is 185 Å². The molecule has 0 saturated carbocycles. The third kappa shape index (κ3) is 3.90. The fourth-order valence-corrected chi connectivity index (χ4v) is 7.50. The number of rotatable bonds is 4. The number of aromatic nitrogens is 3. The Balaban J connectivity index is 1.41. The van der Waals surface area contributed by atoms with Crippen LogP contribution in [0.1, 0.15) is 11.3 Å². The fraction of sp³-hybridized carbons (Fsp3) is 0.208. The van der Waals surface area contributed by atoms with E-state index in [9.17, 15) is 14.1 Å². The molecule has 2 aromatic carbocycles. The average Bonchev–Trinajstić information content (AvgIpc) is 2.83. The number of anilines is 1. The number of aromatic amines is 1. The predicted molar refractivity (Wildman–Crippen MR) is 128 cm³/mol. The van der Waals surface area contributed by atoms with Crippen molar-refractivity contribution < 1.29 is 9.28 Å². The summed E-state index contributed by atoms with van der Waals surface area (Å²) in [5, 5.41) is 8.59. The van der Waals surface area contributed by atoms with E-state index in [2.05, 4.69) is 20.1 Å². The molecular formula is C24H24FN4O2P. The van der Waals surface area contributed by atoms with Crippen LogP contribution in [0.25, 0.3) is 10.8 Å². The Morgan fingerprint density at radius 3 is 2.53 bits per heavy atom. The number of pyridine rings is 1. The van der Waals surface area contributed by atoms with Crippen LogP contribution < -0.4 is 15.8 Å². The average molecular weight is 450 g/mol. The second-order valence-corrected chi connectivity index (χ2v) is 11.8. The molecule has 1 fully saturated rings. The summed E-state index contributed by atoms with van der Waals surface area (Å²) in [6.07, 6.45) is 3.29. The summed E-state index contributed by atoms with van der Waals surface area (Å²) in [5.41, 5.74) is 1.35. The molecule has 1 aliphatic rings. The van der Waals surface area contributed by atoms with Gasteiger partial charge in [0.05, 0.1) is 0 Å². The maximum atomic E-state index is 14.8. The van der Waals surface area contributed by atoms with Gasteiger partial charge in [0.25, 0.3) is 0 Å². The van der Waals surface area contributed by atoms with Crippen molar-refractivity contribution in [2.45, 2.75) is 6.42 Å². The number of H-pyrrole nitrogens is 1. The Bertz CT molecular complexity index is 1320. The van der Waals surface area contributed by atoms with Gasteiger partial charge in [-0.05, 0) is 0 Å². The van der Waals surface area contributed by atoms with Crippen LogP contribution in [-0.4, -0.2) is 45.5 Å². The molecule has 5 rings (SSSR count). The van der Waals surface area contributed by atoms with Gasteiger partial charge in [-0.15, -0.1) is 0 Å². The van der Waals surface area contributed by atoms with Crippen molar-refractivity contribution in [2.75, 3.05) is 30.3 Å². The summed E-state index contributed by atoms with van der Waals surface area (Å²) in [6.45, 7) is 1.30. The minimum atomic E-state index is -2.97. The summed E-state index contributed by atoms with van der Waals surface area (Å²) < 4.78 is 14.8. The fourth-order valence-electron chi connectivity index (χ4n) is 4.45. The topological polar surface area (TPSA) is 82.1 Å². The van der Waals surface area contributed by atoms with Crippen LogP contribution in [0.4, 0.5) is 10.2 Å². The molecule has 0 spiro atoms. The quantitative estimate of drug-likeness (QED) is 0.468. The van der Waals surface area contributed by atoms with Gasteiger partial charge < -0.3 is 0 Å². The molecule has 2 aromatic heterocycles. The molecule has 0 bridgehead atoms. The molecule has 3 heterocycles. The van der Waals surface area contributed by atoms with Crippen LogP contribution in [0.5, 0.6) is 0 Å². The van der Waals surface area contributed by atoms with Gasteiger partial charge in [-0.2, -0.15) is 0 Å². The van der Waals surface area contributed by atoms with Gasteiger partial charge in [0.1, 0.15) is 0 Å². The van der Waals surface area contributed by atoms with Crippen molar-refractivity contribution in [2.24, 2.45) is 0 Å². The van der Waals surface area contributed by atoms with Crippen LogP contribution in [0, 0.1) is 5.82 Å². The first-order chi connectivity index (χ1) is 15.5. The van der Waals surface area contributed by atoms with E-state index in [0.717, 1.165) is 22.5 Å². The van der Waals surface area contributed by atoms with Crippen molar-refractivity contribution in [3.63, 3.8) is 0 Å². The minimum absolute atomic E-state index is 0.231. The zero-order valence-electron chi connectivity index (χ0n) is 17.5. The van der Waals surface area contributed by atoms with E-state index in [1.165, 1.54) is 6.07 Å². The van der Waals surface area contributed by atoms with Gasteiger partial charge in [-0.3, -0.25) is 0 Å². The monoisotopic (exact) mass is 450 g/mol. The first kappa shape index (κ1) is 20.7. The van der Waals surface area contributed by atoms with Gasteiger partial charge in [0, 0.05) is 0 Å². The van der Waals surface area contributed by atoms with Crippen LogP contribution in [0.3, 0.4) is 0 Å². The van der Waals surface area contributed by atoms with E-state index in [0.29, 0.717) is 42.5 Å². The molecule has 8 heteroatoms. The summed E-state index contributed by atoms with van der Waals surface area (Å²) in [6, 6.07) is 18.0. The Kier molecular flexibility index (Phi) is 5.45. The molecule has 6 nitrogen and oxygen atoms in total. The summed E-state index contributed by atoms with van der Waals surface area (Å²) in [5.74, 6) is 0.530. The number of hydrogen-bond acceptors (Lipinski definition) is 5. The van der Waals surface area contributed by atoms with E-state index in [1.54, 1.807) is 24.4 Å². The van der Waals surface area contributed by atoms with Crippen LogP contribution in [-0.2, 0) is 6.42 Å². The van der Waals surface area contributed by atoms with Crippen LogP contribution >= 0.6 is 7.49 Å². The Hall–Kier alpha value is -3.15. The Morgan fingerprint density at radius 2 is 1.78 bits per heavy atom. The zero-order chi connectivity index (χ0) is 22.1. The molecular weight excluding hydrogens is 426 g/mol. The first-order valence-corrected chi connectivity index (χ1v) is 13.0. The van der Waals surface area contributed by atoms with Crippen LogP contribution in [0.15, 0.2) is 71.7 Å². The van der Waals surface area contributed by atoms with E-state index in [4.69, 9.17) is 0 Å². The molecule has 164 valence electrons. The molecule has 4 aromatic rings. The number of halogens is 1. The molecule has 0 aliphatic carbocycles. The molecule has 1 saturated heterocycles. The molecule has 0 amide bonds. The van der Waals surface area contributed by atoms with Crippen molar-refractivity contribution in [1.29, 1.82) is 0 Å². The molecule has 32 heavy (non-hydrogen) atoms. The number of benzene rings is 2. The van der Waals surface area contributed by atoms with Crippen molar-refractivity contribution in [3.8, 4) is 0 Å². The molecule has 0 atom stereocenters. The second kappa shape index (κ2) is 8.41. The summed E-state index contributed by atoms with van der Waals surface area (Å²) in [4.78, 5) is 30.1. The van der Waals surface area contributed by atoms with E-state index < -0.39 is 7.49 Å². The predicted octanol–water partition coefficient (Wildman–Crippen LogP) is 2.85. The van der Waals surface area contributed by atoms with E-state index >= 15 is 0 Å². The SMILES string of the molecule is O=c1[nH]nc(Cc2ccc(F)c([PH]3(O)CCN(c4ccccn4)CC3)c2)c2ccccc12. The van der Waals surface area contributed by atoms with Crippen molar-refractivity contribution >= 4 is 29.4 Å². The molecule has 1 aliphatic heterocycles. The number of nitrogens with one attached hydrogen (secondary N) is 1. The number of nitrogens with zero attached hydrogens (tertiary/aromatic N) is 3. The molecule has 0 unspecified atom stereocenters. The third-order valence-electron chi connectivity index (χ3n) is 6.24. The van der Waals surface area contributed by atoms with E-state index in [-0.39, 0.29) is 11.4 Å². The van der Waals surface area contributed by atoms with Crippen LogP contribution in [0.2, 0.25) is 0 Å². The number of hydrogen-bond donors (Lipinski definition) is 2. The Morgan fingerprint density at radius 1 is 1.03 bits per heavy atom. The second-order valence-electron chi connectivity index (χ2n) is 8.24. The van der Waals surface area contributed by atoms with Crippen molar-refractivity contribution in [1.82, 2.24) is 15.2 Å². The normalized spacial score (nSPS) is 16.8. The Labute approximate surface area is 185 Å². The maximum absolute atomic E-state index is 14.8. The van der Waals surface area contributed by atoms with Crippen molar-refractivity contribution in [3.05, 3.63) is 94.3 Å². The van der Waals surface area contributed by atoms with Gasteiger partial charge in [0.15, 0.2) is 0 Å². The van der Waals surface area contributed by atoms with Gasteiger partial charge in [0.2, 0.25) is 0 Å². The molecule has 0 radical (unpaired) electrons. The summed E-state index contributed by atoms with van der Waals surface area (Å²) in [7, 11) is -2.97. The zero-order valence-corrected chi connectivity index (χ0v) is 18.5. The van der Waals surface area contributed by atoms with Gasteiger partial charge in [-0.1, -0.05) is 0 Å². The number of fused-ring (bicyclic) bond motifs is 1. The van der Waals surface area contributed by atoms with E-state index in [1.807, 2.05) is 36.4 Å². The first-order valence-electron chi connectivity index (χ1n) is 10.7. The standard InChI is InChI=1S/C24H24FN4O2P/c25-20-9-8-17(15-21-18-5-1-2-6-19(18)24(30)28-27-21)16-22(20)32(31)13-11-29(12-14-32)23-7-3-4-10-26-23/h1-10,16,31-32H,11-15H2,(H,28,30).